The van der Waals surface area contributed by atoms with E-state index in [0.29, 0.717) is 24.2 Å². The minimum absolute atomic E-state index is 0.457. The molecule has 0 aliphatic heterocycles. The summed E-state index contributed by atoms with van der Waals surface area (Å²) in [4.78, 5) is 0. The molecule has 0 spiro atoms. The third-order valence-electron chi connectivity index (χ3n) is 2.16. The minimum atomic E-state index is 0.457. The van der Waals surface area contributed by atoms with Crippen LogP contribution in [0.3, 0.4) is 0 Å². The van der Waals surface area contributed by atoms with Crippen molar-refractivity contribution in [1.29, 1.82) is 0 Å². The van der Waals surface area contributed by atoms with Gasteiger partial charge in [0.25, 0.3) is 0 Å². The predicted octanol–water partition coefficient (Wildman–Crippen LogP) is 2.47. The van der Waals surface area contributed by atoms with Crippen molar-refractivity contribution in [3.8, 4) is 0 Å². The molecule has 6 heteroatoms. The molecule has 0 aromatic carbocycles. The largest absolute Gasteiger partial charge is 0.408 e. The van der Waals surface area contributed by atoms with Crippen LogP contribution in [0.2, 0.25) is 0 Å². The number of nitrogens with zero attached hydrogens (tertiary/aromatic N) is 2. The molecule has 0 atom stereocenters. The van der Waals surface area contributed by atoms with Gasteiger partial charge in [0.05, 0.1) is 0 Å². The van der Waals surface area contributed by atoms with Gasteiger partial charge in [0.15, 0.2) is 0 Å². The summed E-state index contributed by atoms with van der Waals surface area (Å²) in [6, 6.07) is 0.457. The molecule has 1 N–H and O–H groups in total. The molecule has 5 nitrogen and oxygen atoms in total. The summed E-state index contributed by atoms with van der Waals surface area (Å²) in [7, 11) is 0. The fraction of sp³-hybridized carbons (Fsp3) is 0.818. The normalized spacial score (nSPS) is 10.7. The van der Waals surface area contributed by atoms with Crippen molar-refractivity contribution >= 4 is 17.6 Å². The fourth-order valence-electron chi connectivity index (χ4n) is 1.22. The number of alkyl halides is 1. The number of aromatic nitrogens is 2. The van der Waals surface area contributed by atoms with Gasteiger partial charge in [-0.15, -0.1) is 16.7 Å². The van der Waals surface area contributed by atoms with Gasteiger partial charge in [-0.1, -0.05) is 18.4 Å². The summed E-state index contributed by atoms with van der Waals surface area (Å²) in [5, 5.41) is 10.8. The van der Waals surface area contributed by atoms with E-state index in [0.717, 1.165) is 32.6 Å². The van der Waals surface area contributed by atoms with E-state index >= 15 is 0 Å². The molecule has 98 valence electrons. The van der Waals surface area contributed by atoms with Gasteiger partial charge in [-0.3, -0.25) is 0 Å². The zero-order valence-electron chi connectivity index (χ0n) is 10.2. The standard InChI is InChI=1S/C11H20ClN3O2/c1-2-3-8-16-9-4-7-13-11-15-14-10(17-11)5-6-12/h2-9H2,1H3,(H,13,15). The second-order valence-electron chi connectivity index (χ2n) is 3.69. The van der Waals surface area contributed by atoms with Crippen LogP contribution < -0.4 is 5.32 Å². The first-order valence-corrected chi connectivity index (χ1v) is 6.60. The third kappa shape index (κ3) is 6.48. The topological polar surface area (TPSA) is 60.2 Å². The first kappa shape index (κ1) is 14.3. The van der Waals surface area contributed by atoms with Crippen LogP contribution in [0.25, 0.3) is 0 Å². The van der Waals surface area contributed by atoms with Gasteiger partial charge in [0, 0.05) is 32.1 Å². The Labute approximate surface area is 107 Å². The molecule has 0 radical (unpaired) electrons. The third-order valence-corrected chi connectivity index (χ3v) is 2.35. The van der Waals surface area contributed by atoms with Gasteiger partial charge in [0.1, 0.15) is 0 Å². The van der Waals surface area contributed by atoms with E-state index in [2.05, 4.69) is 22.4 Å². The highest BCUT2D eigenvalue weighted by atomic mass is 35.5. The maximum atomic E-state index is 5.57. The highest BCUT2D eigenvalue weighted by Crippen LogP contribution is 2.06. The van der Waals surface area contributed by atoms with Gasteiger partial charge in [-0.25, -0.2) is 0 Å². The lowest BCUT2D eigenvalue weighted by Gasteiger charge is -2.03. The molecular formula is C11H20ClN3O2. The molecule has 17 heavy (non-hydrogen) atoms. The quantitative estimate of drug-likeness (QED) is 0.518. The zero-order chi connectivity index (χ0) is 12.3. The summed E-state index contributed by atoms with van der Waals surface area (Å²) in [5.41, 5.74) is 0. The summed E-state index contributed by atoms with van der Waals surface area (Å²) >= 11 is 5.57. The van der Waals surface area contributed by atoms with Crippen LogP contribution in [-0.2, 0) is 11.2 Å². The van der Waals surface area contributed by atoms with Crippen LogP contribution in [-0.4, -0.2) is 35.8 Å². The summed E-state index contributed by atoms with van der Waals surface area (Å²) in [6.07, 6.45) is 3.83. The first-order valence-electron chi connectivity index (χ1n) is 6.06. The SMILES string of the molecule is CCCCOCCCNc1nnc(CCCl)o1. The number of rotatable bonds is 10. The van der Waals surface area contributed by atoms with Crippen molar-refractivity contribution < 1.29 is 9.15 Å². The lowest BCUT2D eigenvalue weighted by molar-refractivity contribution is 0.131. The molecule has 1 aromatic rings. The molecule has 0 saturated heterocycles. The van der Waals surface area contributed by atoms with Crippen molar-refractivity contribution in [2.24, 2.45) is 0 Å². The van der Waals surface area contributed by atoms with E-state index in [1.807, 2.05) is 0 Å². The Kier molecular flexibility index (Phi) is 7.75. The zero-order valence-corrected chi connectivity index (χ0v) is 11.0. The molecule has 0 fully saturated rings. The van der Waals surface area contributed by atoms with Crippen LogP contribution >= 0.6 is 11.6 Å². The molecule has 1 heterocycles. The van der Waals surface area contributed by atoms with Crippen LogP contribution in [0, 0.1) is 0 Å². The molecule has 0 saturated carbocycles. The second-order valence-corrected chi connectivity index (χ2v) is 4.06. The van der Waals surface area contributed by atoms with Crippen LogP contribution in [0.5, 0.6) is 0 Å². The van der Waals surface area contributed by atoms with Crippen LogP contribution in [0.15, 0.2) is 4.42 Å². The van der Waals surface area contributed by atoms with E-state index < -0.39 is 0 Å². The first-order chi connectivity index (χ1) is 8.36. The number of aryl methyl sites for hydroxylation is 1. The molecule has 0 aliphatic rings. The van der Waals surface area contributed by atoms with Crippen molar-refractivity contribution in [1.82, 2.24) is 10.2 Å². The molecule has 0 bridgehead atoms. The Bertz CT molecular complexity index is 294. The number of halogens is 1. The number of anilines is 1. The Hall–Kier alpha value is -0.810. The monoisotopic (exact) mass is 261 g/mol. The van der Waals surface area contributed by atoms with E-state index in [4.69, 9.17) is 20.8 Å². The molecule has 1 rings (SSSR count). The number of hydrogen-bond donors (Lipinski definition) is 1. The highest BCUT2D eigenvalue weighted by Gasteiger charge is 2.03. The maximum absolute atomic E-state index is 5.57. The van der Waals surface area contributed by atoms with Crippen molar-refractivity contribution in [3.05, 3.63) is 5.89 Å². The number of nitrogens with one attached hydrogen (secondary N) is 1. The Morgan fingerprint density at radius 2 is 2.12 bits per heavy atom. The van der Waals surface area contributed by atoms with Crippen molar-refractivity contribution in [2.75, 3.05) is 31.0 Å². The van der Waals surface area contributed by atoms with Crippen LogP contribution in [0.1, 0.15) is 32.1 Å². The Morgan fingerprint density at radius 3 is 2.88 bits per heavy atom. The van der Waals surface area contributed by atoms with E-state index in [-0.39, 0.29) is 0 Å². The number of unbranched alkanes of at least 4 members (excludes halogenated alkanes) is 1. The minimum Gasteiger partial charge on any atom is -0.408 e. The lowest BCUT2D eigenvalue weighted by atomic mass is 10.4. The van der Waals surface area contributed by atoms with Gasteiger partial charge in [0.2, 0.25) is 5.89 Å². The molecule has 1 aromatic heterocycles. The fourth-order valence-corrected chi connectivity index (χ4v) is 1.39. The molecular weight excluding hydrogens is 242 g/mol. The lowest BCUT2D eigenvalue weighted by Crippen LogP contribution is -2.06. The summed E-state index contributed by atoms with van der Waals surface area (Å²) in [6.45, 7) is 4.53. The van der Waals surface area contributed by atoms with Crippen molar-refractivity contribution in [2.45, 2.75) is 32.6 Å². The predicted molar refractivity (Wildman–Crippen MR) is 67.6 cm³/mol. The summed E-state index contributed by atoms with van der Waals surface area (Å²) in [5.74, 6) is 1.06. The maximum Gasteiger partial charge on any atom is 0.315 e. The smallest absolute Gasteiger partial charge is 0.315 e. The Balaban J connectivity index is 2.01. The number of ether oxygens (including phenoxy) is 1. The molecule has 0 unspecified atom stereocenters. The van der Waals surface area contributed by atoms with Gasteiger partial charge >= 0.3 is 6.01 Å². The Morgan fingerprint density at radius 1 is 1.29 bits per heavy atom. The van der Waals surface area contributed by atoms with Gasteiger partial charge < -0.3 is 14.5 Å². The second kappa shape index (κ2) is 9.24. The van der Waals surface area contributed by atoms with Gasteiger partial charge in [-0.05, 0) is 12.8 Å². The summed E-state index contributed by atoms with van der Waals surface area (Å²) < 4.78 is 10.7. The average molecular weight is 262 g/mol. The molecule has 0 aliphatic carbocycles. The van der Waals surface area contributed by atoms with E-state index in [1.54, 1.807) is 0 Å². The highest BCUT2D eigenvalue weighted by molar-refractivity contribution is 6.17. The average Bonchev–Trinajstić information content (AvgIpc) is 2.76. The molecule has 0 amide bonds. The number of hydrogen-bond acceptors (Lipinski definition) is 5. The van der Waals surface area contributed by atoms with Gasteiger partial charge in [-0.2, -0.15) is 0 Å². The van der Waals surface area contributed by atoms with Crippen molar-refractivity contribution in [3.63, 3.8) is 0 Å². The van der Waals surface area contributed by atoms with E-state index in [9.17, 15) is 0 Å². The van der Waals surface area contributed by atoms with E-state index in [1.165, 1.54) is 6.42 Å². The van der Waals surface area contributed by atoms with Crippen LogP contribution in [0.4, 0.5) is 6.01 Å².